The summed E-state index contributed by atoms with van der Waals surface area (Å²) in [6.45, 7) is 1.20. The molecule has 2 aromatic heterocycles. The number of anilines is 1. The Balaban J connectivity index is 2.00. The SMILES string of the molecule is CC(=CCc1c(O)n2c3c(nc2n(Cc2ccccc2)c1=O)N(C)CN(C)C3=O)C(F)(F)F. The zero-order valence-corrected chi connectivity index (χ0v) is 18.2. The lowest BCUT2D eigenvalue weighted by Gasteiger charge is -2.30. The van der Waals surface area contributed by atoms with E-state index in [1.54, 1.807) is 43.3 Å². The Morgan fingerprint density at radius 3 is 2.45 bits per heavy atom. The minimum atomic E-state index is -4.56. The number of hydrogen-bond acceptors (Lipinski definition) is 5. The number of halogens is 3. The number of aromatic nitrogens is 3. The zero-order chi connectivity index (χ0) is 24.1. The van der Waals surface area contributed by atoms with Crippen molar-refractivity contribution in [2.75, 3.05) is 25.7 Å². The van der Waals surface area contributed by atoms with Crippen LogP contribution < -0.4 is 10.5 Å². The number of rotatable bonds is 4. The summed E-state index contributed by atoms with van der Waals surface area (Å²) < 4.78 is 41.4. The van der Waals surface area contributed by atoms with Gasteiger partial charge in [-0.25, -0.2) is 4.40 Å². The van der Waals surface area contributed by atoms with E-state index in [9.17, 15) is 27.9 Å². The van der Waals surface area contributed by atoms with Crippen molar-refractivity contribution in [3.63, 3.8) is 0 Å². The van der Waals surface area contributed by atoms with Crippen LogP contribution in [0.1, 0.15) is 28.5 Å². The molecule has 4 rings (SSSR count). The zero-order valence-electron chi connectivity index (χ0n) is 18.2. The average Bonchev–Trinajstić information content (AvgIpc) is 3.16. The first kappa shape index (κ1) is 22.4. The van der Waals surface area contributed by atoms with Crippen molar-refractivity contribution in [2.45, 2.75) is 26.1 Å². The molecule has 0 spiro atoms. The van der Waals surface area contributed by atoms with Crippen LogP contribution in [-0.4, -0.2) is 56.8 Å². The van der Waals surface area contributed by atoms with Crippen LogP contribution in [0.3, 0.4) is 0 Å². The quantitative estimate of drug-likeness (QED) is 0.605. The van der Waals surface area contributed by atoms with Crippen LogP contribution in [0, 0.1) is 0 Å². The lowest BCUT2D eigenvalue weighted by atomic mass is 10.1. The van der Waals surface area contributed by atoms with E-state index in [0.717, 1.165) is 23.0 Å². The molecule has 1 N–H and O–H groups in total. The lowest BCUT2D eigenvalue weighted by Crippen LogP contribution is -2.43. The van der Waals surface area contributed by atoms with E-state index >= 15 is 0 Å². The van der Waals surface area contributed by atoms with Gasteiger partial charge in [0.1, 0.15) is 0 Å². The fourth-order valence-corrected chi connectivity index (χ4v) is 3.81. The Hall–Kier alpha value is -3.76. The molecule has 0 saturated carbocycles. The number of hydrogen-bond donors (Lipinski definition) is 1. The van der Waals surface area contributed by atoms with Gasteiger partial charge in [0.2, 0.25) is 11.7 Å². The van der Waals surface area contributed by atoms with Crippen molar-refractivity contribution in [1.82, 2.24) is 18.9 Å². The molecule has 1 aromatic carbocycles. The van der Waals surface area contributed by atoms with Crippen LogP contribution in [-0.2, 0) is 13.0 Å². The Morgan fingerprint density at radius 1 is 1.15 bits per heavy atom. The lowest BCUT2D eigenvalue weighted by molar-refractivity contribution is -0.0915. The fourth-order valence-electron chi connectivity index (χ4n) is 3.81. The average molecular weight is 461 g/mol. The number of carbonyl (C=O) groups excluding carboxylic acids is 1. The highest BCUT2D eigenvalue weighted by Crippen LogP contribution is 2.31. The van der Waals surface area contributed by atoms with Gasteiger partial charge in [0.05, 0.1) is 18.8 Å². The number of carbonyl (C=O) groups is 1. The van der Waals surface area contributed by atoms with Crippen molar-refractivity contribution in [2.24, 2.45) is 0 Å². The molecular formula is C22H22F3N5O3. The molecule has 3 aromatic rings. The molecule has 0 fully saturated rings. The molecule has 0 atom stereocenters. The summed E-state index contributed by atoms with van der Waals surface area (Å²) >= 11 is 0. The van der Waals surface area contributed by atoms with Crippen LogP contribution in [0.15, 0.2) is 46.8 Å². The van der Waals surface area contributed by atoms with Gasteiger partial charge in [-0.1, -0.05) is 36.4 Å². The van der Waals surface area contributed by atoms with Crippen LogP contribution in [0.4, 0.5) is 19.0 Å². The molecule has 8 nitrogen and oxygen atoms in total. The summed E-state index contributed by atoms with van der Waals surface area (Å²) in [5.41, 5.74) is -1.04. The Labute approximate surface area is 186 Å². The highest BCUT2D eigenvalue weighted by molar-refractivity contribution is 6.00. The molecule has 0 bridgehead atoms. The maximum atomic E-state index is 13.3. The van der Waals surface area contributed by atoms with Gasteiger partial charge in [0, 0.05) is 26.1 Å². The number of allylic oxidation sites excluding steroid dienone is 2. The van der Waals surface area contributed by atoms with Crippen molar-refractivity contribution < 1.29 is 23.1 Å². The summed E-state index contributed by atoms with van der Waals surface area (Å²) in [5, 5.41) is 11.0. The normalized spacial score (nSPS) is 14.8. The molecule has 33 heavy (non-hydrogen) atoms. The highest BCUT2D eigenvalue weighted by Gasteiger charge is 2.34. The van der Waals surface area contributed by atoms with Gasteiger partial charge in [-0.2, -0.15) is 18.2 Å². The third-order valence-corrected chi connectivity index (χ3v) is 5.65. The van der Waals surface area contributed by atoms with E-state index in [1.807, 2.05) is 6.07 Å². The van der Waals surface area contributed by atoms with E-state index in [1.165, 1.54) is 9.47 Å². The minimum absolute atomic E-state index is 0.0297. The molecule has 0 saturated heterocycles. The number of aromatic hydroxyl groups is 1. The second kappa shape index (κ2) is 7.98. The van der Waals surface area contributed by atoms with Crippen LogP contribution in [0.25, 0.3) is 5.78 Å². The van der Waals surface area contributed by atoms with E-state index in [2.05, 4.69) is 4.98 Å². The standard InChI is InChI=1S/C22H22F3N5O3/c1-13(22(23,24)25)9-10-15-18(31)29(11-14-7-5-4-6-8-14)21-26-17-16(30(21)19(15)32)20(33)28(3)12-27(17)2/h4-9,32H,10-12H2,1-3H3. The van der Waals surface area contributed by atoms with E-state index in [-0.39, 0.29) is 36.1 Å². The smallest absolute Gasteiger partial charge is 0.412 e. The Morgan fingerprint density at radius 2 is 1.82 bits per heavy atom. The molecule has 3 heterocycles. The largest absolute Gasteiger partial charge is 0.494 e. The summed E-state index contributed by atoms with van der Waals surface area (Å²) in [4.78, 5) is 33.8. The monoisotopic (exact) mass is 461 g/mol. The predicted octanol–water partition coefficient (Wildman–Crippen LogP) is 2.78. The number of amides is 1. The van der Waals surface area contributed by atoms with Gasteiger partial charge in [0.15, 0.2) is 11.5 Å². The summed E-state index contributed by atoms with van der Waals surface area (Å²) in [7, 11) is 3.29. The summed E-state index contributed by atoms with van der Waals surface area (Å²) in [5.74, 6) is -0.726. The highest BCUT2D eigenvalue weighted by atomic mass is 19.4. The summed E-state index contributed by atoms with van der Waals surface area (Å²) in [6.07, 6.45) is -4.18. The molecule has 174 valence electrons. The van der Waals surface area contributed by atoms with Crippen molar-refractivity contribution in [3.05, 3.63) is 69.2 Å². The molecule has 1 aliphatic rings. The second-order valence-electron chi connectivity index (χ2n) is 8.03. The molecule has 0 radical (unpaired) electrons. The number of imidazole rings is 1. The van der Waals surface area contributed by atoms with Crippen molar-refractivity contribution in [1.29, 1.82) is 0 Å². The van der Waals surface area contributed by atoms with Crippen LogP contribution in [0.5, 0.6) is 5.88 Å². The van der Waals surface area contributed by atoms with Crippen molar-refractivity contribution >= 4 is 17.5 Å². The van der Waals surface area contributed by atoms with Gasteiger partial charge < -0.3 is 14.9 Å². The Bertz CT molecular complexity index is 1330. The molecule has 0 unspecified atom stereocenters. The molecule has 1 amide bonds. The maximum Gasteiger partial charge on any atom is 0.412 e. The van der Waals surface area contributed by atoms with Gasteiger partial charge >= 0.3 is 6.18 Å². The van der Waals surface area contributed by atoms with Gasteiger partial charge in [-0.15, -0.1) is 0 Å². The Kier molecular flexibility index (Phi) is 5.43. The molecule has 1 aliphatic heterocycles. The van der Waals surface area contributed by atoms with Crippen LogP contribution >= 0.6 is 0 Å². The first-order valence-electron chi connectivity index (χ1n) is 10.1. The molecule has 11 heteroatoms. The number of alkyl halides is 3. The fraction of sp³-hybridized carbons (Fsp3) is 0.318. The van der Waals surface area contributed by atoms with Crippen molar-refractivity contribution in [3.8, 4) is 5.88 Å². The predicted molar refractivity (Wildman–Crippen MR) is 116 cm³/mol. The van der Waals surface area contributed by atoms with Gasteiger partial charge in [-0.3, -0.25) is 14.2 Å². The molecular weight excluding hydrogens is 439 g/mol. The molecule has 0 aliphatic carbocycles. The third kappa shape index (κ3) is 3.83. The minimum Gasteiger partial charge on any atom is -0.494 e. The summed E-state index contributed by atoms with van der Waals surface area (Å²) in [6, 6.07) is 8.97. The first-order valence-corrected chi connectivity index (χ1v) is 10.1. The number of nitrogens with zero attached hydrogens (tertiary/aromatic N) is 5. The number of fused-ring (bicyclic) bond motifs is 3. The second-order valence-corrected chi connectivity index (χ2v) is 8.03. The van der Waals surface area contributed by atoms with E-state index in [4.69, 9.17) is 0 Å². The van der Waals surface area contributed by atoms with E-state index in [0.29, 0.717) is 0 Å². The van der Waals surface area contributed by atoms with Gasteiger partial charge in [0.25, 0.3) is 11.5 Å². The van der Waals surface area contributed by atoms with Crippen LogP contribution in [0.2, 0.25) is 0 Å². The first-order chi connectivity index (χ1) is 15.5. The topological polar surface area (TPSA) is 83.1 Å². The van der Waals surface area contributed by atoms with Gasteiger partial charge in [-0.05, 0) is 12.5 Å². The third-order valence-electron chi connectivity index (χ3n) is 5.65. The van der Waals surface area contributed by atoms with E-state index < -0.39 is 35.5 Å². The maximum absolute atomic E-state index is 13.3. The number of benzene rings is 1.